The molecule has 3 aromatic carbocycles. The van der Waals surface area contributed by atoms with E-state index in [9.17, 15) is 15.2 Å². The number of nitro benzene ring substituents is 1. The molecule has 0 saturated heterocycles. The molecular formula is C22H18N2O3. The third kappa shape index (κ3) is 2.39. The van der Waals surface area contributed by atoms with E-state index in [0.717, 1.165) is 17.7 Å². The fourth-order valence-electron chi connectivity index (χ4n) is 4.59. The van der Waals surface area contributed by atoms with Crippen molar-refractivity contribution < 1.29 is 10.0 Å². The Balaban J connectivity index is 1.65. The molecule has 2 aliphatic rings. The smallest absolute Gasteiger partial charge is 0.311 e. The SMILES string of the molecule is O=[N+]([O-])c1cc([C@@H]2Nc3ccc4ccccc4c3[C@@H]3C=CC[C@H]32)ccc1O. The minimum Gasteiger partial charge on any atom is -0.502 e. The average Bonchev–Trinajstić information content (AvgIpc) is 3.17. The van der Waals surface area contributed by atoms with Crippen LogP contribution in [-0.2, 0) is 0 Å². The summed E-state index contributed by atoms with van der Waals surface area (Å²) in [5.41, 5.74) is 2.96. The molecule has 0 unspecified atom stereocenters. The molecule has 3 aromatic rings. The van der Waals surface area contributed by atoms with Gasteiger partial charge in [-0.25, -0.2) is 0 Å². The highest BCUT2D eigenvalue weighted by atomic mass is 16.6. The topological polar surface area (TPSA) is 75.4 Å². The molecule has 0 bridgehead atoms. The number of benzene rings is 3. The van der Waals surface area contributed by atoms with Crippen molar-refractivity contribution in [1.29, 1.82) is 0 Å². The highest BCUT2D eigenvalue weighted by Crippen LogP contribution is 2.52. The summed E-state index contributed by atoms with van der Waals surface area (Å²) < 4.78 is 0. The van der Waals surface area contributed by atoms with Crippen LogP contribution in [0.3, 0.4) is 0 Å². The molecule has 5 nitrogen and oxygen atoms in total. The third-order valence-corrected chi connectivity index (χ3v) is 5.81. The monoisotopic (exact) mass is 358 g/mol. The van der Waals surface area contributed by atoms with Crippen LogP contribution in [0.1, 0.15) is 29.5 Å². The molecule has 1 heterocycles. The lowest BCUT2D eigenvalue weighted by molar-refractivity contribution is -0.385. The Morgan fingerprint density at radius 1 is 1.11 bits per heavy atom. The first-order chi connectivity index (χ1) is 13.1. The number of nitrogens with zero attached hydrogens (tertiary/aromatic N) is 1. The lowest BCUT2D eigenvalue weighted by atomic mass is 9.75. The Kier molecular flexibility index (Phi) is 3.44. The first-order valence-corrected chi connectivity index (χ1v) is 9.05. The van der Waals surface area contributed by atoms with Crippen molar-refractivity contribution in [3.8, 4) is 5.75 Å². The van der Waals surface area contributed by atoms with E-state index in [1.807, 2.05) is 6.07 Å². The predicted octanol–water partition coefficient (Wildman–Crippen LogP) is 5.28. The van der Waals surface area contributed by atoms with E-state index in [2.05, 4.69) is 47.8 Å². The van der Waals surface area contributed by atoms with Crippen molar-refractivity contribution in [2.75, 3.05) is 5.32 Å². The van der Waals surface area contributed by atoms with Gasteiger partial charge in [0.25, 0.3) is 0 Å². The molecule has 0 fully saturated rings. The van der Waals surface area contributed by atoms with Gasteiger partial charge in [0.2, 0.25) is 0 Å². The van der Waals surface area contributed by atoms with E-state index in [1.165, 1.54) is 28.5 Å². The van der Waals surface area contributed by atoms with Gasteiger partial charge in [0.15, 0.2) is 5.75 Å². The minimum absolute atomic E-state index is 0.0436. The molecule has 27 heavy (non-hydrogen) atoms. The molecule has 2 N–H and O–H groups in total. The van der Waals surface area contributed by atoms with Gasteiger partial charge < -0.3 is 10.4 Å². The largest absolute Gasteiger partial charge is 0.502 e. The highest BCUT2D eigenvalue weighted by molar-refractivity contribution is 5.91. The summed E-state index contributed by atoms with van der Waals surface area (Å²) in [4.78, 5) is 10.7. The molecule has 0 radical (unpaired) electrons. The van der Waals surface area contributed by atoms with Crippen LogP contribution in [-0.4, -0.2) is 10.0 Å². The fraction of sp³-hybridized carbons (Fsp3) is 0.182. The zero-order chi connectivity index (χ0) is 18.5. The molecular weight excluding hydrogens is 340 g/mol. The molecule has 0 aromatic heterocycles. The van der Waals surface area contributed by atoms with Crippen molar-refractivity contribution in [2.24, 2.45) is 5.92 Å². The number of allylic oxidation sites excluding steroid dienone is 2. The van der Waals surface area contributed by atoms with E-state index < -0.39 is 4.92 Å². The van der Waals surface area contributed by atoms with Gasteiger partial charge in [-0.3, -0.25) is 10.1 Å². The zero-order valence-electron chi connectivity index (χ0n) is 14.5. The lowest BCUT2D eigenvalue weighted by Gasteiger charge is -2.38. The van der Waals surface area contributed by atoms with Gasteiger partial charge in [-0.15, -0.1) is 0 Å². The van der Waals surface area contributed by atoms with Crippen molar-refractivity contribution in [3.63, 3.8) is 0 Å². The summed E-state index contributed by atoms with van der Waals surface area (Å²) in [6, 6.07) is 17.2. The van der Waals surface area contributed by atoms with Gasteiger partial charge in [-0.2, -0.15) is 0 Å². The molecule has 1 aliphatic heterocycles. The molecule has 5 heteroatoms. The van der Waals surface area contributed by atoms with Crippen LogP contribution >= 0.6 is 0 Å². The molecule has 0 amide bonds. The number of aromatic hydroxyl groups is 1. The Labute approximate surface area is 156 Å². The minimum atomic E-state index is -0.534. The Morgan fingerprint density at radius 3 is 2.81 bits per heavy atom. The Morgan fingerprint density at radius 2 is 1.96 bits per heavy atom. The lowest BCUT2D eigenvalue weighted by Crippen LogP contribution is -2.29. The first-order valence-electron chi connectivity index (χ1n) is 9.05. The molecule has 1 aliphatic carbocycles. The fourth-order valence-corrected chi connectivity index (χ4v) is 4.59. The van der Waals surface area contributed by atoms with Crippen molar-refractivity contribution in [3.05, 3.63) is 88.0 Å². The van der Waals surface area contributed by atoms with Gasteiger partial charge in [0.05, 0.1) is 11.0 Å². The number of nitro groups is 1. The average molecular weight is 358 g/mol. The number of hydrogen-bond donors (Lipinski definition) is 2. The number of nitrogens with one attached hydrogen (secondary N) is 1. The maximum absolute atomic E-state index is 11.2. The second kappa shape index (κ2) is 5.84. The zero-order valence-corrected chi connectivity index (χ0v) is 14.5. The number of hydrogen-bond acceptors (Lipinski definition) is 4. The quantitative estimate of drug-likeness (QED) is 0.371. The second-order valence-corrected chi connectivity index (χ2v) is 7.23. The summed E-state index contributed by atoms with van der Waals surface area (Å²) >= 11 is 0. The second-order valence-electron chi connectivity index (χ2n) is 7.23. The van der Waals surface area contributed by atoms with Gasteiger partial charge in [0.1, 0.15) is 0 Å². The highest BCUT2D eigenvalue weighted by Gasteiger charge is 2.39. The van der Waals surface area contributed by atoms with E-state index in [0.29, 0.717) is 0 Å². The van der Waals surface area contributed by atoms with Crippen LogP contribution < -0.4 is 5.32 Å². The van der Waals surface area contributed by atoms with E-state index in [4.69, 9.17) is 0 Å². The maximum atomic E-state index is 11.2. The number of phenols is 1. The summed E-state index contributed by atoms with van der Waals surface area (Å²) in [5.74, 6) is 0.254. The summed E-state index contributed by atoms with van der Waals surface area (Å²) in [5, 5.41) is 27.1. The molecule has 5 rings (SSSR count). The number of anilines is 1. The van der Waals surface area contributed by atoms with Crippen LogP contribution in [0.25, 0.3) is 10.8 Å². The number of fused-ring (bicyclic) bond motifs is 5. The van der Waals surface area contributed by atoms with Crippen LogP contribution in [0.2, 0.25) is 0 Å². The van der Waals surface area contributed by atoms with Crippen LogP contribution in [0.5, 0.6) is 5.75 Å². The van der Waals surface area contributed by atoms with Gasteiger partial charge in [-0.05, 0) is 46.4 Å². The molecule has 3 atom stereocenters. The van der Waals surface area contributed by atoms with E-state index in [-0.39, 0.29) is 29.3 Å². The van der Waals surface area contributed by atoms with E-state index >= 15 is 0 Å². The Hall–Kier alpha value is -3.34. The Bertz CT molecular complexity index is 1110. The normalized spacial score (nSPS) is 22.9. The number of phenolic OH excluding ortho intramolecular Hbond substituents is 1. The van der Waals surface area contributed by atoms with Crippen molar-refractivity contribution >= 4 is 22.1 Å². The summed E-state index contributed by atoms with van der Waals surface area (Å²) in [6.07, 6.45) is 5.38. The first kappa shape index (κ1) is 15.9. The standard InChI is InChI=1S/C22H18N2O3/c25-20-11-9-14(12-19(20)24(26)27)22-17-7-3-6-16(17)21-15-5-2-1-4-13(15)8-10-18(21)23-22/h1-6,8-12,16-17,22-23,25H,7H2/t16-,17-,22+/m1/s1. The summed E-state index contributed by atoms with van der Waals surface area (Å²) in [6.45, 7) is 0. The van der Waals surface area contributed by atoms with Crippen LogP contribution in [0.15, 0.2) is 66.7 Å². The number of rotatable bonds is 2. The van der Waals surface area contributed by atoms with Gasteiger partial charge >= 0.3 is 5.69 Å². The van der Waals surface area contributed by atoms with Crippen molar-refractivity contribution in [2.45, 2.75) is 18.4 Å². The van der Waals surface area contributed by atoms with Crippen LogP contribution in [0, 0.1) is 16.0 Å². The summed E-state index contributed by atoms with van der Waals surface area (Å²) in [7, 11) is 0. The third-order valence-electron chi connectivity index (χ3n) is 5.81. The maximum Gasteiger partial charge on any atom is 0.311 e. The van der Waals surface area contributed by atoms with Gasteiger partial charge in [0, 0.05) is 17.7 Å². The van der Waals surface area contributed by atoms with Gasteiger partial charge in [-0.1, -0.05) is 48.6 Å². The molecule has 134 valence electrons. The van der Waals surface area contributed by atoms with E-state index in [1.54, 1.807) is 6.07 Å². The van der Waals surface area contributed by atoms with Crippen LogP contribution in [0.4, 0.5) is 11.4 Å². The molecule has 0 saturated carbocycles. The molecule has 0 spiro atoms. The predicted molar refractivity (Wildman–Crippen MR) is 105 cm³/mol. The van der Waals surface area contributed by atoms with Crippen molar-refractivity contribution in [1.82, 2.24) is 0 Å².